The van der Waals surface area contributed by atoms with Crippen molar-refractivity contribution >= 4 is 40.6 Å². The molecule has 0 saturated carbocycles. The van der Waals surface area contributed by atoms with Gasteiger partial charge in [0.05, 0.1) is 11.6 Å². The predicted octanol–water partition coefficient (Wildman–Crippen LogP) is 2.35. The number of aliphatic imine (C=N–C) groups is 1. The van der Waals surface area contributed by atoms with Gasteiger partial charge in [0.15, 0.2) is 5.17 Å². The quantitative estimate of drug-likeness (QED) is 0.509. The summed E-state index contributed by atoms with van der Waals surface area (Å²) in [6.45, 7) is 1.85. The van der Waals surface area contributed by atoms with Gasteiger partial charge in [0, 0.05) is 11.1 Å². The summed E-state index contributed by atoms with van der Waals surface area (Å²) < 4.78 is 4.96. The van der Waals surface area contributed by atoms with Crippen LogP contribution in [0.25, 0.3) is 6.08 Å². The van der Waals surface area contributed by atoms with Crippen molar-refractivity contribution in [1.82, 2.24) is 4.90 Å². The lowest BCUT2D eigenvalue weighted by Gasteiger charge is -2.21. The molecule has 0 saturated heterocycles. The number of nitro groups is 1. The molecule has 1 N–H and O–H groups in total. The zero-order valence-electron chi connectivity index (χ0n) is 10.7. The summed E-state index contributed by atoms with van der Waals surface area (Å²) in [5.74, 6) is -0.899. The standard InChI is InChI=1S/C12H8N4O4S/c1-6-5-15-10(13)8(11(17)14-12(15)21-6)4-7-2-3-9(20-7)16(18)19/h2-5,13H,1H3. The number of rotatable bonds is 2. The Balaban J connectivity index is 1.98. The van der Waals surface area contributed by atoms with Crippen LogP contribution in [0.15, 0.2) is 38.2 Å². The number of nitrogens with zero attached hydrogens (tertiary/aromatic N) is 3. The molecule has 2 aliphatic heterocycles. The predicted molar refractivity (Wildman–Crippen MR) is 76.7 cm³/mol. The molecule has 0 atom stereocenters. The minimum absolute atomic E-state index is 0.0227. The highest BCUT2D eigenvalue weighted by molar-refractivity contribution is 8.17. The molecule has 0 radical (unpaired) electrons. The Hall–Kier alpha value is -2.68. The van der Waals surface area contributed by atoms with Crippen LogP contribution < -0.4 is 0 Å². The highest BCUT2D eigenvalue weighted by Gasteiger charge is 2.33. The van der Waals surface area contributed by atoms with E-state index in [2.05, 4.69) is 4.99 Å². The maximum atomic E-state index is 12.0. The number of furan rings is 1. The lowest BCUT2D eigenvalue weighted by atomic mass is 10.1. The zero-order chi connectivity index (χ0) is 15.1. The highest BCUT2D eigenvalue weighted by Crippen LogP contribution is 2.32. The minimum atomic E-state index is -0.671. The Morgan fingerprint density at radius 3 is 2.95 bits per heavy atom. The Labute approximate surface area is 122 Å². The second-order valence-corrected chi connectivity index (χ2v) is 5.46. The number of thioether (sulfide) groups is 1. The van der Waals surface area contributed by atoms with Gasteiger partial charge in [0.2, 0.25) is 0 Å². The van der Waals surface area contributed by atoms with E-state index >= 15 is 0 Å². The molecule has 21 heavy (non-hydrogen) atoms. The van der Waals surface area contributed by atoms with Gasteiger partial charge in [-0.05, 0) is 19.1 Å². The fraction of sp³-hybridized carbons (Fsp3) is 0.0833. The van der Waals surface area contributed by atoms with E-state index in [0.29, 0.717) is 5.17 Å². The fourth-order valence-electron chi connectivity index (χ4n) is 1.86. The topological polar surface area (TPSA) is 113 Å². The van der Waals surface area contributed by atoms with Crippen LogP contribution in [0.5, 0.6) is 0 Å². The molecule has 0 fully saturated rings. The monoisotopic (exact) mass is 304 g/mol. The summed E-state index contributed by atoms with van der Waals surface area (Å²) in [6, 6.07) is 2.55. The van der Waals surface area contributed by atoms with Gasteiger partial charge < -0.3 is 4.42 Å². The molecule has 1 amide bonds. The number of hydrogen-bond acceptors (Lipinski definition) is 6. The molecule has 1 aromatic heterocycles. The molecular formula is C12H8N4O4S. The molecule has 3 heterocycles. The summed E-state index contributed by atoms with van der Waals surface area (Å²) >= 11 is 1.31. The molecule has 8 nitrogen and oxygen atoms in total. The van der Waals surface area contributed by atoms with E-state index in [1.54, 1.807) is 6.20 Å². The molecule has 9 heteroatoms. The first-order chi connectivity index (χ1) is 9.95. The minimum Gasteiger partial charge on any atom is -0.401 e. The van der Waals surface area contributed by atoms with Gasteiger partial charge in [-0.15, -0.1) is 0 Å². The number of nitrogens with one attached hydrogen (secondary N) is 1. The molecule has 0 aromatic carbocycles. The van der Waals surface area contributed by atoms with E-state index in [4.69, 9.17) is 9.83 Å². The average molecular weight is 304 g/mol. The second kappa shape index (κ2) is 4.70. The van der Waals surface area contributed by atoms with Crippen LogP contribution in [0.2, 0.25) is 0 Å². The van der Waals surface area contributed by atoms with Crippen LogP contribution in [0.4, 0.5) is 5.88 Å². The SMILES string of the molecule is CC1=CN2C(=N)C(=Cc3ccc([N+](=O)[O-])o3)C(=O)N=C2S1. The number of hydrogen-bond donors (Lipinski definition) is 1. The molecule has 0 unspecified atom stereocenters. The number of amidine groups is 2. The van der Waals surface area contributed by atoms with Crippen LogP contribution in [-0.4, -0.2) is 26.7 Å². The third-order valence-electron chi connectivity index (χ3n) is 2.77. The Bertz CT molecular complexity index is 774. The van der Waals surface area contributed by atoms with E-state index in [1.807, 2.05) is 6.92 Å². The maximum Gasteiger partial charge on any atom is 0.433 e. The Morgan fingerprint density at radius 1 is 1.52 bits per heavy atom. The lowest BCUT2D eigenvalue weighted by Crippen LogP contribution is -2.35. The van der Waals surface area contributed by atoms with Crippen molar-refractivity contribution in [2.75, 3.05) is 0 Å². The number of carbonyl (C=O) groups excluding carboxylic acids is 1. The van der Waals surface area contributed by atoms with Crippen molar-refractivity contribution in [2.45, 2.75) is 6.92 Å². The summed E-state index contributed by atoms with van der Waals surface area (Å²) in [5, 5.41) is 19.1. The van der Waals surface area contributed by atoms with Crippen molar-refractivity contribution < 1.29 is 14.1 Å². The first kappa shape index (κ1) is 13.3. The number of allylic oxidation sites excluding steroid dienone is 1. The van der Waals surface area contributed by atoms with Crippen molar-refractivity contribution in [1.29, 1.82) is 5.41 Å². The Kier molecular flexibility index (Phi) is 2.98. The third-order valence-corrected chi connectivity index (χ3v) is 3.67. The molecule has 0 bridgehead atoms. The molecular weight excluding hydrogens is 296 g/mol. The smallest absolute Gasteiger partial charge is 0.401 e. The largest absolute Gasteiger partial charge is 0.433 e. The molecule has 0 aliphatic carbocycles. The van der Waals surface area contributed by atoms with E-state index in [-0.39, 0.29) is 17.2 Å². The zero-order valence-corrected chi connectivity index (χ0v) is 11.5. The van der Waals surface area contributed by atoms with Gasteiger partial charge >= 0.3 is 5.88 Å². The van der Waals surface area contributed by atoms with E-state index in [0.717, 1.165) is 4.91 Å². The van der Waals surface area contributed by atoms with E-state index in [1.165, 1.54) is 34.9 Å². The Morgan fingerprint density at radius 2 is 2.29 bits per heavy atom. The first-order valence-electron chi connectivity index (χ1n) is 5.79. The van der Waals surface area contributed by atoms with Crippen LogP contribution >= 0.6 is 11.8 Å². The normalized spacial score (nSPS) is 19.7. The first-order valence-corrected chi connectivity index (χ1v) is 6.61. The van der Waals surface area contributed by atoms with Gasteiger partial charge in [-0.1, -0.05) is 11.8 Å². The number of carbonyl (C=O) groups is 1. The van der Waals surface area contributed by atoms with Gasteiger partial charge in [-0.25, -0.2) is 0 Å². The molecule has 2 aliphatic rings. The van der Waals surface area contributed by atoms with Crippen LogP contribution in [0.1, 0.15) is 12.7 Å². The molecule has 106 valence electrons. The van der Waals surface area contributed by atoms with E-state index < -0.39 is 16.7 Å². The van der Waals surface area contributed by atoms with Gasteiger partial charge in [0.25, 0.3) is 5.91 Å². The van der Waals surface area contributed by atoms with Crippen LogP contribution in [0, 0.1) is 15.5 Å². The number of fused-ring (bicyclic) bond motifs is 1. The second-order valence-electron chi connectivity index (χ2n) is 4.25. The van der Waals surface area contributed by atoms with Gasteiger partial charge in [-0.2, -0.15) is 4.99 Å². The maximum absolute atomic E-state index is 12.0. The van der Waals surface area contributed by atoms with Crippen molar-refractivity contribution in [3.8, 4) is 0 Å². The molecule has 0 spiro atoms. The highest BCUT2D eigenvalue weighted by atomic mass is 32.2. The van der Waals surface area contributed by atoms with Gasteiger partial charge in [-0.3, -0.25) is 25.2 Å². The van der Waals surface area contributed by atoms with Crippen molar-refractivity contribution in [2.24, 2.45) is 4.99 Å². The number of amides is 1. The average Bonchev–Trinajstić information content (AvgIpc) is 3.01. The van der Waals surface area contributed by atoms with Crippen LogP contribution in [-0.2, 0) is 4.79 Å². The lowest BCUT2D eigenvalue weighted by molar-refractivity contribution is -0.402. The van der Waals surface area contributed by atoms with Crippen molar-refractivity contribution in [3.05, 3.63) is 44.7 Å². The van der Waals surface area contributed by atoms with E-state index in [9.17, 15) is 14.9 Å². The summed E-state index contributed by atoms with van der Waals surface area (Å²) in [4.78, 5) is 28.2. The summed E-state index contributed by atoms with van der Waals surface area (Å²) in [7, 11) is 0. The summed E-state index contributed by atoms with van der Waals surface area (Å²) in [6.07, 6.45) is 2.99. The third kappa shape index (κ3) is 2.27. The molecule has 3 rings (SSSR count). The van der Waals surface area contributed by atoms with Gasteiger partial charge in [0.1, 0.15) is 16.5 Å². The summed E-state index contributed by atoms with van der Waals surface area (Å²) in [5.41, 5.74) is 0.0227. The fourth-order valence-corrected chi connectivity index (χ4v) is 2.68. The van der Waals surface area contributed by atoms with Crippen molar-refractivity contribution in [3.63, 3.8) is 0 Å². The molecule has 1 aromatic rings. The van der Waals surface area contributed by atoms with Crippen LogP contribution in [0.3, 0.4) is 0 Å².